The summed E-state index contributed by atoms with van der Waals surface area (Å²) in [5, 5.41) is 8.35. The largest absolute Gasteiger partial charge is 0.481 e. The minimum absolute atomic E-state index is 0. The third-order valence-electron chi connectivity index (χ3n) is 7.63. The lowest BCUT2D eigenvalue weighted by Gasteiger charge is -2.28. The molecule has 17 heteroatoms. The average molecular weight is 872 g/mol. The van der Waals surface area contributed by atoms with Gasteiger partial charge in [-0.25, -0.2) is 0 Å². The number of carboxylic acid groups (broad SMARTS) is 1. The molecule has 3 N–H and O–H groups in total. The van der Waals surface area contributed by atoms with Crippen LogP contribution in [-0.4, -0.2) is 120 Å². The number of carboxylic acids is 1. The van der Waals surface area contributed by atoms with Crippen molar-refractivity contribution in [1.82, 2.24) is 14.7 Å². The van der Waals surface area contributed by atoms with Gasteiger partial charge in [0.2, 0.25) is 0 Å². The van der Waals surface area contributed by atoms with Gasteiger partial charge in [0, 0.05) is 88.1 Å². The zero-order valence-electron chi connectivity index (χ0n) is 39.7. The number of imide groups is 2. The standard InChI is InChI=1S/C17H25NO5.C10H18O4.C8H19N.C6H8N2O2.ClH.H3P/c1-17(2,3)23-16(22)9-5-4-7-13(19)8-6-12-18-14(20)10-11-15(18)21;1-10(2,3)14-9(13)7-5-4-6-8(11)12;1-6-9(7(2)3)8(4)5;7-3-4-8-5(9)1-2-6(8)10;;/h10-11H,4-9,12H2,1-3H3;4-7H2,1-3H3,(H,11,12);7-8H,6H2,1-5H3;1-2H,3-4,7H2;1H;1H3/i;;;;;1T3. The highest BCUT2D eigenvalue weighted by molar-refractivity contribution is 6.92. The molecule has 336 valence electrons. The topological polar surface area (TPSA) is 211 Å². The van der Waals surface area contributed by atoms with Gasteiger partial charge in [0.1, 0.15) is 17.0 Å². The first kappa shape index (κ1) is 54.5. The molecule has 0 atom stereocenters. The molecule has 0 aromatic carbocycles. The van der Waals surface area contributed by atoms with E-state index in [1.807, 2.05) is 41.5 Å². The van der Waals surface area contributed by atoms with E-state index in [1.165, 1.54) is 24.3 Å². The molecular weight excluding hydrogens is 791 g/mol. The normalized spacial score (nSPS) is 13.9. The molecule has 2 heterocycles. The van der Waals surface area contributed by atoms with E-state index in [9.17, 15) is 38.4 Å². The van der Waals surface area contributed by atoms with Crippen LogP contribution in [0.4, 0.5) is 0 Å². The average Bonchev–Trinajstić information content (AvgIpc) is 3.58. The Bertz CT molecular complexity index is 1370. The van der Waals surface area contributed by atoms with Gasteiger partial charge in [-0.3, -0.25) is 53.1 Å². The van der Waals surface area contributed by atoms with Crippen molar-refractivity contribution in [2.75, 3.05) is 26.2 Å². The molecule has 2 aliphatic heterocycles. The van der Waals surface area contributed by atoms with Gasteiger partial charge in [-0.2, -0.15) is 9.73 Å². The lowest BCUT2D eigenvalue weighted by molar-refractivity contribution is -0.156. The van der Waals surface area contributed by atoms with E-state index < -0.39 is 26.9 Å². The highest BCUT2D eigenvalue weighted by atomic mass is 35.5. The van der Waals surface area contributed by atoms with Gasteiger partial charge in [0.15, 0.2) is 0 Å². The number of nitrogens with two attached hydrogens (primary N) is 1. The van der Waals surface area contributed by atoms with E-state index in [1.54, 1.807) is 0 Å². The molecule has 0 saturated heterocycles. The maximum Gasteiger partial charge on any atom is 0.306 e. The Hall–Kier alpha value is -3.52. The van der Waals surface area contributed by atoms with Gasteiger partial charge in [-0.1, -0.05) is 6.92 Å². The summed E-state index contributed by atoms with van der Waals surface area (Å²) >= 11 is 0. The van der Waals surface area contributed by atoms with Crippen molar-refractivity contribution in [2.24, 2.45) is 5.73 Å². The number of hydrogen-bond acceptors (Lipinski definition) is 12. The third-order valence-corrected chi connectivity index (χ3v) is 7.63. The fraction of sp³-hybridized carbons (Fsp3) is 0.707. The maximum absolute atomic E-state index is 11.7. The molecule has 2 aliphatic rings. The number of ether oxygens (including phenoxy) is 2. The number of Topliss-reactive ketones (excluding diaryl/α,β-unsaturated/α-hetero) is 1. The number of unbranched alkanes of at least 4 members (excludes halogenated alkanes) is 2. The minimum Gasteiger partial charge on any atom is -0.481 e. The number of nitrogens with zero attached hydrogens (tertiary/aromatic N) is 3. The van der Waals surface area contributed by atoms with Crippen molar-refractivity contribution in [2.45, 2.75) is 164 Å². The molecule has 0 fully saturated rings. The molecule has 0 radical (unpaired) electrons. The van der Waals surface area contributed by atoms with Crippen molar-refractivity contribution in [3.8, 4) is 0 Å². The smallest absolute Gasteiger partial charge is 0.306 e. The number of halogens is 1. The number of carbonyl (C=O) groups excluding carboxylic acids is 7. The molecule has 0 aromatic heterocycles. The molecule has 0 aromatic rings. The van der Waals surface area contributed by atoms with E-state index in [2.05, 4.69) is 39.5 Å². The van der Waals surface area contributed by atoms with Crippen molar-refractivity contribution >= 4 is 69.5 Å². The fourth-order valence-corrected chi connectivity index (χ4v) is 5.24. The highest BCUT2D eigenvalue weighted by Gasteiger charge is 2.23. The van der Waals surface area contributed by atoms with Gasteiger partial charge in [-0.05, 0) is 108 Å². The van der Waals surface area contributed by atoms with Crippen LogP contribution in [-0.2, 0) is 47.8 Å². The molecule has 0 bridgehead atoms. The first-order valence-electron chi connectivity index (χ1n) is 20.9. The molecule has 0 spiro atoms. The maximum atomic E-state index is 11.7. The summed E-state index contributed by atoms with van der Waals surface area (Å²) in [6.45, 7) is 24.1. The van der Waals surface area contributed by atoms with Crippen LogP contribution in [0.3, 0.4) is 0 Å². The summed E-state index contributed by atoms with van der Waals surface area (Å²) in [6.07, 6.45) is 9.26. The van der Waals surface area contributed by atoms with Crippen molar-refractivity contribution in [1.29, 1.82) is 3.84 Å². The predicted octanol–water partition coefficient (Wildman–Crippen LogP) is 5.61. The van der Waals surface area contributed by atoms with Crippen LogP contribution in [0, 0.1) is 0 Å². The third kappa shape index (κ3) is 32.4. The quantitative estimate of drug-likeness (QED) is 0.0701. The van der Waals surface area contributed by atoms with Gasteiger partial charge in [0.25, 0.3) is 23.6 Å². The second-order valence-corrected chi connectivity index (χ2v) is 15.8. The Balaban J connectivity index is -0.000000366. The lowest BCUT2D eigenvalue weighted by Crippen LogP contribution is -2.36. The van der Waals surface area contributed by atoms with E-state index in [-0.39, 0.29) is 66.7 Å². The second kappa shape index (κ2) is 32.3. The fourth-order valence-electron chi connectivity index (χ4n) is 5.24. The van der Waals surface area contributed by atoms with Gasteiger partial charge in [0.05, 0.1) is 3.84 Å². The molecule has 2 rings (SSSR count). The molecule has 4 amide bonds. The zero-order chi connectivity index (χ0) is 47.2. The number of hydrogen-bond donors (Lipinski definition) is 2. The van der Waals surface area contributed by atoms with Crippen molar-refractivity contribution < 1.29 is 52.9 Å². The van der Waals surface area contributed by atoms with Crippen LogP contribution in [0.2, 0.25) is 0 Å². The van der Waals surface area contributed by atoms with E-state index in [0.29, 0.717) is 83.0 Å². The van der Waals surface area contributed by atoms with E-state index in [0.717, 1.165) is 16.3 Å². The van der Waals surface area contributed by atoms with E-state index in [4.69, 9.17) is 24.1 Å². The number of carbonyl (C=O) groups is 8. The Kier molecular flexibility index (Phi) is 30.4. The lowest BCUT2D eigenvalue weighted by atomic mass is 10.1. The van der Waals surface area contributed by atoms with Gasteiger partial charge in [-0.15, -0.1) is 12.4 Å². The first-order chi connectivity index (χ1) is 27.6. The zero-order valence-corrected chi connectivity index (χ0v) is 38.4. The Morgan fingerprint density at radius 1 is 0.690 bits per heavy atom. The van der Waals surface area contributed by atoms with E-state index >= 15 is 0 Å². The molecular formula is C41H74ClN4O11P. The molecule has 58 heavy (non-hydrogen) atoms. The Morgan fingerprint density at radius 2 is 1.02 bits per heavy atom. The SMILES string of the molecule is CC(C)(C)OC(=O)CCCCC(=O)CCCN1C(=O)C=CC1=O.CC(C)(C)OC(=O)CCCCC(=O)O.CCN(C(C)C)C(C)C.Cl.NCCN1C(=O)C=CC1=O.[3H]P([3H])[3H]. The Morgan fingerprint density at radius 3 is 1.31 bits per heavy atom. The summed E-state index contributed by atoms with van der Waals surface area (Å²) < 4.78 is 28.2. The van der Waals surface area contributed by atoms with Crippen molar-refractivity contribution in [3.05, 3.63) is 24.3 Å². The second-order valence-electron chi connectivity index (χ2n) is 15.8. The van der Waals surface area contributed by atoms with Gasteiger partial charge < -0.3 is 20.3 Å². The summed E-state index contributed by atoms with van der Waals surface area (Å²) in [5.74, 6) is -2.42. The monoisotopic (exact) mass is 871 g/mol. The predicted molar refractivity (Wildman–Crippen MR) is 232 cm³/mol. The number of aliphatic carboxylic acids is 1. The summed E-state index contributed by atoms with van der Waals surface area (Å²) in [7, 11) is -1.87. The molecule has 0 aliphatic carbocycles. The van der Waals surface area contributed by atoms with Crippen LogP contribution in [0.15, 0.2) is 24.3 Å². The summed E-state index contributed by atoms with van der Waals surface area (Å²) in [4.78, 5) is 93.4. The summed E-state index contributed by atoms with van der Waals surface area (Å²) in [5.41, 5.74) is 4.22. The van der Waals surface area contributed by atoms with Crippen LogP contribution >= 0.6 is 22.1 Å². The molecule has 0 saturated carbocycles. The van der Waals surface area contributed by atoms with Crippen LogP contribution in [0.5, 0.6) is 0 Å². The summed E-state index contributed by atoms with van der Waals surface area (Å²) in [6, 6.07) is 1.38. The molecule has 0 unspecified atom stereocenters. The highest BCUT2D eigenvalue weighted by Crippen LogP contribution is 2.13. The first-order valence-corrected chi connectivity index (χ1v) is 19.5. The number of rotatable bonds is 19. The number of esters is 2. The van der Waals surface area contributed by atoms with Gasteiger partial charge >= 0.3 is 17.9 Å². The molecule has 15 nitrogen and oxygen atoms in total. The number of amides is 4. The Labute approximate surface area is 360 Å². The minimum atomic E-state index is -1.87. The van der Waals surface area contributed by atoms with Crippen molar-refractivity contribution in [3.63, 3.8) is 0 Å². The van der Waals surface area contributed by atoms with Crippen LogP contribution in [0.1, 0.15) is 140 Å². The van der Waals surface area contributed by atoms with Crippen LogP contribution in [0.25, 0.3) is 0 Å². The number of ketones is 1. The van der Waals surface area contributed by atoms with Crippen LogP contribution < -0.4 is 5.73 Å².